The first-order valence-corrected chi connectivity index (χ1v) is 7.50. The van der Waals surface area contributed by atoms with Crippen molar-refractivity contribution in [3.05, 3.63) is 58.4 Å². The molecule has 1 aliphatic carbocycles. The van der Waals surface area contributed by atoms with Crippen LogP contribution in [0.1, 0.15) is 27.2 Å². The summed E-state index contributed by atoms with van der Waals surface area (Å²) in [5.41, 5.74) is 4.00. The molecule has 1 aromatic carbocycles. The summed E-state index contributed by atoms with van der Waals surface area (Å²) >= 11 is 0. The van der Waals surface area contributed by atoms with E-state index in [4.69, 9.17) is 9.47 Å². The van der Waals surface area contributed by atoms with E-state index in [2.05, 4.69) is 4.98 Å². The summed E-state index contributed by atoms with van der Waals surface area (Å²) in [7, 11) is 0. The first kappa shape index (κ1) is 13.8. The number of ether oxygens (including phenoxy) is 2. The normalized spacial score (nSPS) is 14.7. The number of aromatic nitrogens is 1. The molecule has 0 bridgehead atoms. The molecular weight excluding hydrogens is 294 g/mol. The molecule has 0 atom stereocenters. The van der Waals surface area contributed by atoms with Gasteiger partial charge >= 0.3 is 5.97 Å². The maximum Gasteiger partial charge on any atom is 0.336 e. The van der Waals surface area contributed by atoms with E-state index in [0.29, 0.717) is 18.6 Å². The number of hydrogen-bond donors (Lipinski definition) is 1. The van der Waals surface area contributed by atoms with Crippen LogP contribution >= 0.6 is 0 Å². The van der Waals surface area contributed by atoms with Crippen LogP contribution in [0, 0.1) is 0 Å². The summed E-state index contributed by atoms with van der Waals surface area (Å²) in [6.45, 7) is 1.15. The quantitative estimate of drug-likeness (QED) is 0.940. The molecule has 0 amide bonds. The van der Waals surface area contributed by atoms with Crippen LogP contribution in [0.4, 0.5) is 0 Å². The highest BCUT2D eigenvalue weighted by molar-refractivity contribution is 5.91. The van der Waals surface area contributed by atoms with Crippen molar-refractivity contribution in [3.8, 4) is 11.5 Å². The average Bonchev–Trinajstić information content (AvgIpc) is 3.17. The van der Waals surface area contributed by atoms with Gasteiger partial charge in [-0.2, -0.15) is 0 Å². The van der Waals surface area contributed by atoms with Gasteiger partial charge in [0.25, 0.3) is 0 Å². The molecule has 0 saturated carbocycles. The third-order valence-corrected chi connectivity index (χ3v) is 4.15. The molecule has 5 nitrogen and oxygen atoms in total. The van der Waals surface area contributed by atoms with Gasteiger partial charge in [0, 0.05) is 24.6 Å². The highest BCUT2D eigenvalue weighted by Gasteiger charge is 2.21. The summed E-state index contributed by atoms with van der Waals surface area (Å²) in [4.78, 5) is 15.5. The van der Waals surface area contributed by atoms with E-state index in [1.807, 2.05) is 24.3 Å². The third kappa shape index (κ3) is 2.54. The van der Waals surface area contributed by atoms with Crippen LogP contribution < -0.4 is 9.47 Å². The van der Waals surface area contributed by atoms with Crippen LogP contribution in [0.2, 0.25) is 0 Å². The Bertz CT molecular complexity index is 826. The number of fused-ring (bicyclic) bond motifs is 2. The van der Waals surface area contributed by atoms with Gasteiger partial charge < -0.3 is 14.6 Å². The van der Waals surface area contributed by atoms with Crippen molar-refractivity contribution in [2.24, 2.45) is 0 Å². The lowest BCUT2D eigenvalue weighted by atomic mass is 10.1. The summed E-state index contributed by atoms with van der Waals surface area (Å²) < 4.78 is 11.3. The van der Waals surface area contributed by atoms with Crippen LogP contribution in [0.15, 0.2) is 36.0 Å². The number of rotatable bonds is 4. The van der Waals surface area contributed by atoms with E-state index in [9.17, 15) is 9.90 Å². The predicted molar refractivity (Wildman–Crippen MR) is 84.0 cm³/mol. The molecule has 0 radical (unpaired) electrons. The van der Waals surface area contributed by atoms with Gasteiger partial charge in [0.2, 0.25) is 0 Å². The summed E-state index contributed by atoms with van der Waals surface area (Å²) in [6.07, 6.45) is 4.92. The van der Waals surface area contributed by atoms with Crippen molar-refractivity contribution in [3.63, 3.8) is 0 Å². The standard InChI is InChI=1S/C18H15NO4/c20-18(21)14-3-5-19-16-8-11(7-15(14)16)10-23-13-1-2-17-12(9-13)4-6-22-17/h1-3,5,8-9H,4,6-7,10H2,(H,20,21). The Kier molecular flexibility index (Phi) is 3.26. The van der Waals surface area contributed by atoms with E-state index < -0.39 is 5.97 Å². The number of carbonyl (C=O) groups is 1. The van der Waals surface area contributed by atoms with Crippen molar-refractivity contribution < 1.29 is 19.4 Å². The van der Waals surface area contributed by atoms with E-state index in [1.165, 1.54) is 11.8 Å². The van der Waals surface area contributed by atoms with Gasteiger partial charge in [0.15, 0.2) is 0 Å². The van der Waals surface area contributed by atoms with Crippen LogP contribution in [-0.2, 0) is 12.8 Å². The van der Waals surface area contributed by atoms with E-state index >= 15 is 0 Å². The molecule has 1 N–H and O–H groups in total. The predicted octanol–water partition coefficient (Wildman–Crippen LogP) is 2.73. The zero-order chi connectivity index (χ0) is 15.8. The number of nitrogens with zero attached hydrogens (tertiary/aromatic N) is 1. The fraction of sp³-hybridized carbons (Fsp3) is 0.222. The molecule has 0 saturated heterocycles. The Morgan fingerprint density at radius 3 is 3.13 bits per heavy atom. The van der Waals surface area contributed by atoms with Crippen LogP contribution in [0.5, 0.6) is 11.5 Å². The van der Waals surface area contributed by atoms with Crippen LogP contribution in [0.25, 0.3) is 6.08 Å². The zero-order valence-electron chi connectivity index (χ0n) is 12.4. The third-order valence-electron chi connectivity index (χ3n) is 4.15. The summed E-state index contributed by atoms with van der Waals surface area (Å²) in [5, 5.41) is 9.24. The molecule has 116 valence electrons. The number of aromatic carboxylic acids is 1. The molecule has 1 aromatic heterocycles. The number of benzene rings is 1. The van der Waals surface area contributed by atoms with Gasteiger partial charge in [-0.1, -0.05) is 0 Å². The van der Waals surface area contributed by atoms with Crippen molar-refractivity contribution in [2.75, 3.05) is 13.2 Å². The van der Waals surface area contributed by atoms with Gasteiger partial charge in [-0.25, -0.2) is 4.79 Å². The smallest absolute Gasteiger partial charge is 0.336 e. The lowest BCUT2D eigenvalue weighted by Gasteiger charge is -2.08. The van der Waals surface area contributed by atoms with Crippen LogP contribution in [-0.4, -0.2) is 29.3 Å². The number of carboxylic acid groups (broad SMARTS) is 1. The van der Waals surface area contributed by atoms with Gasteiger partial charge in [0.1, 0.15) is 18.1 Å². The van der Waals surface area contributed by atoms with Crippen molar-refractivity contribution >= 4 is 12.0 Å². The van der Waals surface area contributed by atoms with Gasteiger partial charge in [-0.15, -0.1) is 0 Å². The van der Waals surface area contributed by atoms with Crippen molar-refractivity contribution in [2.45, 2.75) is 12.8 Å². The van der Waals surface area contributed by atoms with Gasteiger partial charge in [-0.05, 0) is 41.5 Å². The molecule has 23 heavy (non-hydrogen) atoms. The minimum absolute atomic E-state index is 0.316. The Balaban J connectivity index is 1.47. The second kappa shape index (κ2) is 5.43. The van der Waals surface area contributed by atoms with Gasteiger partial charge in [-0.3, -0.25) is 4.98 Å². The topological polar surface area (TPSA) is 68.7 Å². The number of hydrogen-bond acceptors (Lipinski definition) is 4. The monoisotopic (exact) mass is 309 g/mol. The zero-order valence-corrected chi connectivity index (χ0v) is 12.4. The second-order valence-electron chi connectivity index (χ2n) is 5.66. The highest BCUT2D eigenvalue weighted by Crippen LogP contribution is 2.30. The molecule has 0 unspecified atom stereocenters. The highest BCUT2D eigenvalue weighted by atomic mass is 16.5. The average molecular weight is 309 g/mol. The largest absolute Gasteiger partial charge is 0.493 e. The summed E-state index contributed by atoms with van der Waals surface area (Å²) in [5.74, 6) is 0.815. The van der Waals surface area contributed by atoms with Crippen LogP contribution in [0.3, 0.4) is 0 Å². The molecule has 0 fully saturated rings. The fourth-order valence-corrected chi connectivity index (χ4v) is 3.01. The van der Waals surface area contributed by atoms with E-state index in [1.54, 1.807) is 6.07 Å². The summed E-state index contributed by atoms with van der Waals surface area (Å²) in [6, 6.07) is 7.37. The fourth-order valence-electron chi connectivity index (χ4n) is 3.01. The Labute approximate surface area is 133 Å². The van der Waals surface area contributed by atoms with E-state index in [0.717, 1.165) is 41.4 Å². The Morgan fingerprint density at radius 2 is 2.26 bits per heavy atom. The molecule has 1 aliphatic heterocycles. The molecule has 2 heterocycles. The Morgan fingerprint density at radius 1 is 1.35 bits per heavy atom. The molecule has 5 heteroatoms. The molecule has 0 spiro atoms. The molecule has 4 rings (SSSR count). The van der Waals surface area contributed by atoms with Crippen molar-refractivity contribution in [1.82, 2.24) is 4.98 Å². The van der Waals surface area contributed by atoms with Gasteiger partial charge in [0.05, 0.1) is 17.9 Å². The lowest BCUT2D eigenvalue weighted by Crippen LogP contribution is -2.05. The maximum atomic E-state index is 11.3. The first-order valence-electron chi connectivity index (χ1n) is 7.50. The first-order chi connectivity index (χ1) is 11.2. The lowest BCUT2D eigenvalue weighted by molar-refractivity contribution is 0.0695. The second-order valence-corrected chi connectivity index (χ2v) is 5.66. The SMILES string of the molecule is O=C(O)c1ccnc2c1CC(COc1ccc3c(c1)CCO3)=C2. The number of carboxylic acids is 1. The molecule has 2 aromatic rings. The maximum absolute atomic E-state index is 11.3. The van der Waals surface area contributed by atoms with E-state index in [-0.39, 0.29) is 0 Å². The van der Waals surface area contributed by atoms with Crippen molar-refractivity contribution in [1.29, 1.82) is 0 Å². The molecular formula is C18H15NO4. The minimum atomic E-state index is -0.919. The minimum Gasteiger partial charge on any atom is -0.493 e. The number of pyridine rings is 1. The Hall–Kier alpha value is -2.82. The molecule has 2 aliphatic rings.